The van der Waals surface area contributed by atoms with Crippen LogP contribution in [-0.4, -0.2) is 62.1 Å². The summed E-state index contributed by atoms with van der Waals surface area (Å²) in [5, 5.41) is 14.4. The summed E-state index contributed by atoms with van der Waals surface area (Å²) < 4.78 is 5.35. The van der Waals surface area contributed by atoms with Gasteiger partial charge in [0.2, 0.25) is 11.8 Å². The number of halogens is 1. The highest BCUT2D eigenvalue weighted by molar-refractivity contribution is 6.29. The van der Waals surface area contributed by atoms with E-state index in [4.69, 9.17) is 16.3 Å². The number of pyridine rings is 1. The monoisotopic (exact) mass is 469 g/mol. The number of ether oxygens (including phenoxy) is 1. The van der Waals surface area contributed by atoms with Gasteiger partial charge in [-0.25, -0.2) is 4.98 Å². The van der Waals surface area contributed by atoms with Crippen molar-refractivity contribution in [2.75, 3.05) is 25.5 Å². The van der Waals surface area contributed by atoms with Gasteiger partial charge >= 0.3 is 0 Å². The van der Waals surface area contributed by atoms with E-state index in [1.165, 1.54) is 30.5 Å². The minimum absolute atomic E-state index is 0.0432. The first kappa shape index (κ1) is 22.7. The number of carbonyl (C=O) groups is 2. The molecular formula is C22H24ClN7O3. The predicted molar refractivity (Wildman–Crippen MR) is 121 cm³/mol. The van der Waals surface area contributed by atoms with Crippen LogP contribution < -0.4 is 10.1 Å². The lowest BCUT2D eigenvalue weighted by Crippen LogP contribution is -2.67. The third-order valence-electron chi connectivity index (χ3n) is 5.78. The molecule has 1 aromatic carbocycles. The minimum atomic E-state index is -0.934. The topological polar surface area (TPSA) is 115 Å². The molecule has 3 heterocycles. The van der Waals surface area contributed by atoms with Crippen molar-refractivity contribution in [3.63, 3.8) is 0 Å². The second kappa shape index (κ2) is 9.14. The number of rotatable bonds is 7. The van der Waals surface area contributed by atoms with Gasteiger partial charge in [0.15, 0.2) is 6.33 Å². The van der Waals surface area contributed by atoms with E-state index >= 15 is 0 Å². The lowest BCUT2D eigenvalue weighted by atomic mass is 9.69. The van der Waals surface area contributed by atoms with Crippen LogP contribution in [0.15, 0.2) is 42.9 Å². The molecule has 2 aromatic heterocycles. The molecule has 11 heteroatoms. The Kier molecular flexibility index (Phi) is 6.28. The molecule has 33 heavy (non-hydrogen) atoms. The molecule has 0 saturated carbocycles. The molecule has 0 unspecified atom stereocenters. The first-order valence-corrected chi connectivity index (χ1v) is 10.8. The average molecular weight is 470 g/mol. The van der Waals surface area contributed by atoms with Gasteiger partial charge in [-0.3, -0.25) is 9.59 Å². The van der Waals surface area contributed by atoms with Crippen LogP contribution in [-0.2, 0) is 21.5 Å². The molecule has 4 rings (SSSR count). The Labute approximate surface area is 195 Å². The average Bonchev–Trinajstić information content (AvgIpc) is 3.27. The highest BCUT2D eigenvalue weighted by Gasteiger charge is 2.53. The number of likely N-dealkylation sites (tertiary alicyclic amines) is 1. The van der Waals surface area contributed by atoms with E-state index in [2.05, 4.69) is 39.6 Å². The normalized spacial score (nSPS) is 14.6. The first-order chi connectivity index (χ1) is 15.8. The largest absolute Gasteiger partial charge is 0.494 e. The van der Waals surface area contributed by atoms with Gasteiger partial charge in [-0.05, 0) is 22.3 Å². The Morgan fingerprint density at radius 2 is 2.03 bits per heavy atom. The molecule has 2 amide bonds. The summed E-state index contributed by atoms with van der Waals surface area (Å²) >= 11 is 5.96. The molecule has 0 atom stereocenters. The van der Waals surface area contributed by atoms with Gasteiger partial charge in [0, 0.05) is 19.2 Å². The fraction of sp³-hybridized carbons (Fsp3) is 0.364. The van der Waals surface area contributed by atoms with Crippen LogP contribution in [0.2, 0.25) is 5.15 Å². The van der Waals surface area contributed by atoms with Crippen molar-refractivity contribution in [2.24, 2.45) is 0 Å². The van der Waals surface area contributed by atoms with Crippen LogP contribution in [0.25, 0.3) is 0 Å². The number of carbonyl (C=O) groups excluding carboxylic acids is 2. The lowest BCUT2D eigenvalue weighted by Gasteiger charge is -2.50. The Morgan fingerprint density at radius 1 is 1.27 bits per heavy atom. The van der Waals surface area contributed by atoms with Crippen LogP contribution in [0, 0.1) is 0 Å². The van der Waals surface area contributed by atoms with Crippen molar-refractivity contribution in [3.05, 3.63) is 59.1 Å². The van der Waals surface area contributed by atoms with Crippen molar-refractivity contribution >= 4 is 29.1 Å². The van der Waals surface area contributed by atoms with Gasteiger partial charge < -0.3 is 15.0 Å². The Bertz CT molecular complexity index is 1160. The fourth-order valence-electron chi connectivity index (χ4n) is 4.05. The summed E-state index contributed by atoms with van der Waals surface area (Å²) in [5.41, 5.74) is 1.42. The van der Waals surface area contributed by atoms with Crippen molar-refractivity contribution in [1.82, 2.24) is 30.1 Å². The highest BCUT2D eigenvalue weighted by Crippen LogP contribution is 2.40. The van der Waals surface area contributed by atoms with Crippen LogP contribution in [0.4, 0.5) is 5.69 Å². The smallest absolute Gasteiger partial charge is 0.246 e. The maximum absolute atomic E-state index is 13.7. The Hall–Kier alpha value is -3.53. The van der Waals surface area contributed by atoms with Gasteiger partial charge in [-0.15, -0.1) is 10.2 Å². The molecule has 1 fully saturated rings. The predicted octanol–water partition coefficient (Wildman–Crippen LogP) is 2.27. The van der Waals surface area contributed by atoms with Crippen molar-refractivity contribution in [1.29, 1.82) is 0 Å². The third kappa shape index (κ3) is 4.38. The van der Waals surface area contributed by atoms with Gasteiger partial charge in [-0.1, -0.05) is 49.7 Å². The van der Waals surface area contributed by atoms with Gasteiger partial charge in [0.05, 0.1) is 13.3 Å². The number of hydrogen-bond acceptors (Lipinski definition) is 7. The lowest BCUT2D eigenvalue weighted by molar-refractivity contribution is -0.144. The summed E-state index contributed by atoms with van der Waals surface area (Å²) in [5.74, 6) is 0.159. The number of nitrogens with one attached hydrogen (secondary N) is 1. The number of nitrogens with zero attached hydrogens (tertiary/aromatic N) is 6. The summed E-state index contributed by atoms with van der Waals surface area (Å²) in [4.78, 5) is 33.4. The van der Waals surface area contributed by atoms with E-state index in [0.29, 0.717) is 11.4 Å². The van der Waals surface area contributed by atoms with E-state index < -0.39 is 5.41 Å². The van der Waals surface area contributed by atoms with Crippen molar-refractivity contribution in [2.45, 2.75) is 31.7 Å². The van der Waals surface area contributed by atoms with Crippen LogP contribution in [0.1, 0.15) is 30.9 Å². The second-order valence-electron chi connectivity index (χ2n) is 8.20. The number of hydrogen-bond donors (Lipinski definition) is 1. The zero-order valence-electron chi connectivity index (χ0n) is 18.5. The molecule has 0 aliphatic carbocycles. The maximum atomic E-state index is 13.7. The Morgan fingerprint density at radius 3 is 2.70 bits per heavy atom. The van der Waals surface area contributed by atoms with E-state index in [1.807, 2.05) is 24.3 Å². The fourth-order valence-corrected chi connectivity index (χ4v) is 4.20. The molecule has 0 bridgehead atoms. The molecule has 0 radical (unpaired) electrons. The standard InChI is InChI=1S/C22H24ClN7O3/c1-14(2)15-6-4-5-7-16(15)22(11-29(12-22)20(31)10-30-26-13-25-28-30)21(32)27-17-9-24-19(23)8-18(17)33-3/h4-9,13-14H,10-12H2,1-3H3,(H,27,32). The van der Waals surface area contributed by atoms with E-state index in [-0.39, 0.29) is 42.5 Å². The Balaban J connectivity index is 1.65. The molecule has 0 spiro atoms. The molecule has 1 aliphatic rings. The molecule has 1 saturated heterocycles. The van der Waals surface area contributed by atoms with Crippen LogP contribution in [0.3, 0.4) is 0 Å². The highest BCUT2D eigenvalue weighted by atomic mass is 35.5. The van der Waals surface area contributed by atoms with Crippen molar-refractivity contribution < 1.29 is 14.3 Å². The van der Waals surface area contributed by atoms with Crippen LogP contribution in [0.5, 0.6) is 5.75 Å². The van der Waals surface area contributed by atoms with E-state index in [1.54, 1.807) is 4.90 Å². The summed E-state index contributed by atoms with van der Waals surface area (Å²) in [6, 6.07) is 9.36. The molecule has 1 N–H and O–H groups in total. The number of tetrazole rings is 1. The summed E-state index contributed by atoms with van der Waals surface area (Å²) in [7, 11) is 1.49. The number of amides is 2. The molecule has 3 aromatic rings. The quantitative estimate of drug-likeness (QED) is 0.528. The molecule has 172 valence electrons. The SMILES string of the molecule is COc1cc(Cl)ncc1NC(=O)C1(c2ccccc2C(C)C)CN(C(=O)Cn2ncnn2)C1. The minimum Gasteiger partial charge on any atom is -0.494 e. The van der Waals surface area contributed by atoms with Crippen LogP contribution >= 0.6 is 11.6 Å². The number of anilines is 1. The first-order valence-electron chi connectivity index (χ1n) is 10.4. The molecule has 1 aliphatic heterocycles. The molecular weight excluding hydrogens is 446 g/mol. The van der Waals surface area contributed by atoms with E-state index in [0.717, 1.165) is 11.1 Å². The number of methoxy groups -OCH3 is 1. The number of aromatic nitrogens is 5. The zero-order valence-corrected chi connectivity index (χ0v) is 19.3. The maximum Gasteiger partial charge on any atom is 0.246 e. The third-order valence-corrected chi connectivity index (χ3v) is 5.98. The van der Waals surface area contributed by atoms with Gasteiger partial charge in [0.25, 0.3) is 0 Å². The number of benzene rings is 1. The summed E-state index contributed by atoms with van der Waals surface area (Å²) in [6.45, 7) is 4.56. The summed E-state index contributed by atoms with van der Waals surface area (Å²) in [6.07, 6.45) is 2.73. The van der Waals surface area contributed by atoms with Crippen molar-refractivity contribution in [3.8, 4) is 5.75 Å². The zero-order chi connectivity index (χ0) is 23.6. The molecule has 10 nitrogen and oxygen atoms in total. The van der Waals surface area contributed by atoms with Gasteiger partial charge in [-0.2, -0.15) is 4.80 Å². The second-order valence-corrected chi connectivity index (χ2v) is 8.59. The van der Waals surface area contributed by atoms with Gasteiger partial charge in [0.1, 0.15) is 28.5 Å². The van der Waals surface area contributed by atoms with E-state index in [9.17, 15) is 9.59 Å².